The maximum Gasteiger partial charge on any atom is 0.0568 e. The summed E-state index contributed by atoms with van der Waals surface area (Å²) in [5.74, 6) is 1.32. The van der Waals surface area contributed by atoms with Crippen molar-refractivity contribution in [2.45, 2.75) is 45.6 Å². The van der Waals surface area contributed by atoms with E-state index in [4.69, 9.17) is 0 Å². The third-order valence-electron chi connectivity index (χ3n) is 3.18. The third kappa shape index (κ3) is 3.97. The second-order valence-electron chi connectivity index (χ2n) is 5.20. The molecule has 0 bridgehead atoms. The van der Waals surface area contributed by atoms with Gasteiger partial charge in [0.15, 0.2) is 0 Å². The Labute approximate surface area is 88.3 Å². The van der Waals surface area contributed by atoms with Gasteiger partial charge < -0.3 is 10.0 Å². The van der Waals surface area contributed by atoms with Crippen molar-refractivity contribution in [2.75, 3.05) is 20.1 Å². The molecule has 2 heteroatoms. The van der Waals surface area contributed by atoms with Gasteiger partial charge in [0.1, 0.15) is 0 Å². The van der Waals surface area contributed by atoms with Gasteiger partial charge in [-0.2, -0.15) is 0 Å². The van der Waals surface area contributed by atoms with Crippen LogP contribution in [0.5, 0.6) is 0 Å². The normalized spacial score (nSPS) is 27.9. The van der Waals surface area contributed by atoms with E-state index in [0.717, 1.165) is 18.9 Å². The van der Waals surface area contributed by atoms with Gasteiger partial charge >= 0.3 is 0 Å². The van der Waals surface area contributed by atoms with Crippen molar-refractivity contribution in [1.29, 1.82) is 0 Å². The Morgan fingerprint density at radius 2 is 2.07 bits per heavy atom. The predicted molar refractivity (Wildman–Crippen MR) is 60.3 cm³/mol. The summed E-state index contributed by atoms with van der Waals surface area (Å²) in [4.78, 5) is 2.38. The monoisotopic (exact) mass is 199 g/mol. The number of aliphatic hydroxyl groups excluding tert-OH is 1. The number of hydrogen-bond acceptors (Lipinski definition) is 2. The highest BCUT2D eigenvalue weighted by Gasteiger charge is 2.24. The van der Waals surface area contributed by atoms with Crippen LogP contribution in [0.3, 0.4) is 0 Å². The SMILES string of the molecule is CC(C)CN(C)CCC1CCCC1O. The van der Waals surface area contributed by atoms with Crippen molar-refractivity contribution >= 4 is 0 Å². The topological polar surface area (TPSA) is 23.5 Å². The van der Waals surface area contributed by atoms with Crippen molar-refractivity contribution in [1.82, 2.24) is 4.90 Å². The molecule has 1 fully saturated rings. The molecule has 2 unspecified atom stereocenters. The third-order valence-corrected chi connectivity index (χ3v) is 3.18. The number of nitrogens with zero attached hydrogens (tertiary/aromatic N) is 1. The van der Waals surface area contributed by atoms with Gasteiger partial charge in [0.2, 0.25) is 0 Å². The Kier molecular flexibility index (Phi) is 4.90. The molecule has 0 amide bonds. The fourth-order valence-corrected chi connectivity index (χ4v) is 2.45. The van der Waals surface area contributed by atoms with Crippen molar-refractivity contribution in [3.8, 4) is 0 Å². The van der Waals surface area contributed by atoms with Gasteiger partial charge in [-0.25, -0.2) is 0 Å². The van der Waals surface area contributed by atoms with Crippen LogP contribution >= 0.6 is 0 Å². The maximum absolute atomic E-state index is 9.67. The van der Waals surface area contributed by atoms with Crippen LogP contribution in [-0.4, -0.2) is 36.2 Å². The van der Waals surface area contributed by atoms with Gasteiger partial charge in [-0.3, -0.25) is 0 Å². The zero-order valence-electron chi connectivity index (χ0n) is 9.87. The Bertz CT molecular complexity index is 158. The van der Waals surface area contributed by atoms with Gasteiger partial charge in [-0.15, -0.1) is 0 Å². The summed E-state index contributed by atoms with van der Waals surface area (Å²) in [7, 11) is 2.18. The molecule has 1 saturated carbocycles. The average Bonchev–Trinajstić information content (AvgIpc) is 2.46. The molecular weight excluding hydrogens is 174 g/mol. The molecule has 1 aliphatic rings. The predicted octanol–water partition coefficient (Wildman–Crippen LogP) is 2.13. The number of rotatable bonds is 5. The largest absolute Gasteiger partial charge is 0.393 e. The molecular formula is C12H25NO. The minimum Gasteiger partial charge on any atom is -0.393 e. The van der Waals surface area contributed by atoms with Crippen LogP contribution in [-0.2, 0) is 0 Å². The van der Waals surface area contributed by atoms with Crippen LogP contribution < -0.4 is 0 Å². The lowest BCUT2D eigenvalue weighted by molar-refractivity contribution is 0.119. The highest BCUT2D eigenvalue weighted by Crippen LogP contribution is 2.28. The van der Waals surface area contributed by atoms with E-state index in [2.05, 4.69) is 25.8 Å². The van der Waals surface area contributed by atoms with E-state index in [1.54, 1.807) is 0 Å². The van der Waals surface area contributed by atoms with Crippen LogP contribution in [0.4, 0.5) is 0 Å². The van der Waals surface area contributed by atoms with Crippen LogP contribution in [0, 0.1) is 11.8 Å². The molecule has 2 atom stereocenters. The zero-order valence-corrected chi connectivity index (χ0v) is 9.87. The van der Waals surface area contributed by atoms with E-state index in [1.807, 2.05) is 0 Å². The molecule has 0 saturated heterocycles. The first-order chi connectivity index (χ1) is 6.59. The summed E-state index contributed by atoms with van der Waals surface area (Å²) in [6.45, 7) is 6.81. The first-order valence-electron chi connectivity index (χ1n) is 5.96. The Hall–Kier alpha value is -0.0800. The molecule has 0 aromatic heterocycles. The minimum atomic E-state index is -0.0116. The molecule has 0 spiro atoms. The molecule has 2 nitrogen and oxygen atoms in total. The summed E-state index contributed by atoms with van der Waals surface area (Å²) in [5, 5.41) is 9.67. The van der Waals surface area contributed by atoms with E-state index in [-0.39, 0.29) is 6.10 Å². The van der Waals surface area contributed by atoms with Crippen LogP contribution in [0.1, 0.15) is 39.5 Å². The quantitative estimate of drug-likeness (QED) is 0.733. The Morgan fingerprint density at radius 1 is 1.36 bits per heavy atom. The molecule has 1 aliphatic carbocycles. The molecule has 0 aliphatic heterocycles. The Morgan fingerprint density at radius 3 is 2.57 bits per heavy atom. The molecule has 0 heterocycles. The summed E-state index contributed by atoms with van der Waals surface area (Å²) in [6, 6.07) is 0. The smallest absolute Gasteiger partial charge is 0.0568 e. The number of hydrogen-bond donors (Lipinski definition) is 1. The van der Waals surface area contributed by atoms with E-state index >= 15 is 0 Å². The molecule has 0 aromatic rings. The lowest BCUT2D eigenvalue weighted by Gasteiger charge is -2.22. The summed E-state index contributed by atoms with van der Waals surface area (Å²) < 4.78 is 0. The highest BCUT2D eigenvalue weighted by molar-refractivity contribution is 4.77. The lowest BCUT2D eigenvalue weighted by Crippen LogP contribution is -2.27. The van der Waals surface area contributed by atoms with E-state index in [1.165, 1.54) is 25.8 Å². The van der Waals surface area contributed by atoms with Crippen LogP contribution in [0.2, 0.25) is 0 Å². The van der Waals surface area contributed by atoms with Crippen LogP contribution in [0.15, 0.2) is 0 Å². The van der Waals surface area contributed by atoms with Gasteiger partial charge in [0, 0.05) is 6.54 Å². The number of aliphatic hydroxyl groups is 1. The standard InChI is InChI=1S/C12H25NO/c1-10(2)9-13(3)8-7-11-5-4-6-12(11)14/h10-12,14H,4-9H2,1-3H3. The summed E-state index contributed by atoms with van der Waals surface area (Å²) in [5.41, 5.74) is 0. The molecule has 1 N–H and O–H groups in total. The van der Waals surface area contributed by atoms with Gasteiger partial charge in [0.25, 0.3) is 0 Å². The second-order valence-corrected chi connectivity index (χ2v) is 5.20. The van der Waals surface area contributed by atoms with E-state index < -0.39 is 0 Å². The molecule has 0 aromatic carbocycles. The summed E-state index contributed by atoms with van der Waals surface area (Å²) >= 11 is 0. The Balaban J connectivity index is 2.13. The maximum atomic E-state index is 9.67. The molecule has 0 radical (unpaired) electrons. The van der Waals surface area contributed by atoms with Gasteiger partial charge in [-0.05, 0) is 44.7 Å². The van der Waals surface area contributed by atoms with Crippen molar-refractivity contribution in [3.05, 3.63) is 0 Å². The van der Waals surface area contributed by atoms with Crippen molar-refractivity contribution < 1.29 is 5.11 Å². The van der Waals surface area contributed by atoms with Crippen LogP contribution in [0.25, 0.3) is 0 Å². The van der Waals surface area contributed by atoms with Crippen molar-refractivity contribution in [2.24, 2.45) is 11.8 Å². The first kappa shape index (κ1) is 12.0. The summed E-state index contributed by atoms with van der Waals surface area (Å²) in [6.07, 6.45) is 4.64. The lowest BCUT2D eigenvalue weighted by atomic mass is 10.0. The molecule has 1 rings (SSSR count). The van der Waals surface area contributed by atoms with Crippen molar-refractivity contribution in [3.63, 3.8) is 0 Å². The first-order valence-corrected chi connectivity index (χ1v) is 5.96. The molecule has 84 valence electrons. The van der Waals surface area contributed by atoms with E-state index in [0.29, 0.717) is 5.92 Å². The fourth-order valence-electron chi connectivity index (χ4n) is 2.45. The fraction of sp³-hybridized carbons (Fsp3) is 1.00. The van der Waals surface area contributed by atoms with E-state index in [9.17, 15) is 5.11 Å². The van der Waals surface area contributed by atoms with Gasteiger partial charge in [0.05, 0.1) is 6.10 Å². The van der Waals surface area contributed by atoms with Gasteiger partial charge in [-0.1, -0.05) is 20.3 Å². The highest BCUT2D eigenvalue weighted by atomic mass is 16.3. The average molecular weight is 199 g/mol. The minimum absolute atomic E-state index is 0.0116. The molecule has 14 heavy (non-hydrogen) atoms. The second kappa shape index (κ2) is 5.72. The zero-order chi connectivity index (χ0) is 10.6.